The van der Waals surface area contributed by atoms with Crippen LogP contribution >= 0.6 is 0 Å². The molecule has 3 aliphatic heterocycles. The van der Waals surface area contributed by atoms with E-state index in [2.05, 4.69) is 28.0 Å². The maximum Gasteiger partial charge on any atom is 0.310 e. The zero-order valence-corrected chi connectivity index (χ0v) is 28.2. The molecule has 1 unspecified atom stereocenters. The highest BCUT2D eigenvalue weighted by atomic mass is 16.5. The van der Waals surface area contributed by atoms with Crippen molar-refractivity contribution in [1.29, 1.82) is 0 Å². The number of carbonyl (C=O) groups excluding carboxylic acids is 4. The van der Waals surface area contributed by atoms with Crippen molar-refractivity contribution in [2.45, 2.75) is 109 Å². The summed E-state index contributed by atoms with van der Waals surface area (Å²) in [4.78, 5) is 58.5. The van der Waals surface area contributed by atoms with Crippen LogP contribution < -0.4 is 16.1 Å². The molecule has 3 aliphatic rings. The number of cyclic esters (lactones) is 1. The minimum atomic E-state index is -1.08. The quantitative estimate of drug-likeness (QED) is 0.416. The number of hydrogen-bond donors (Lipinski definition) is 3. The van der Waals surface area contributed by atoms with Gasteiger partial charge >= 0.3 is 5.97 Å². The average molecular weight is 648 g/mol. The molecule has 6 atom stereocenters. The molecule has 0 spiro atoms. The fourth-order valence-corrected chi connectivity index (χ4v) is 6.57. The van der Waals surface area contributed by atoms with Crippen molar-refractivity contribution in [3.63, 3.8) is 0 Å². The minimum absolute atomic E-state index is 0.206. The van der Waals surface area contributed by atoms with E-state index in [4.69, 9.17) is 9.47 Å². The van der Waals surface area contributed by atoms with Gasteiger partial charge in [0.1, 0.15) is 12.1 Å². The summed E-state index contributed by atoms with van der Waals surface area (Å²) in [6.07, 6.45) is 9.34. The van der Waals surface area contributed by atoms with Crippen LogP contribution in [0.25, 0.3) is 16.8 Å². The molecule has 2 aromatic rings. The lowest BCUT2D eigenvalue weighted by Crippen LogP contribution is -2.61. The average Bonchev–Trinajstić information content (AvgIpc) is 3.49. The molecule has 11 nitrogen and oxygen atoms in total. The maximum atomic E-state index is 13.7. The first-order valence-corrected chi connectivity index (χ1v) is 17.0. The number of allylic oxidation sites excluding steroid dienone is 1. The van der Waals surface area contributed by atoms with Crippen molar-refractivity contribution < 1.29 is 28.7 Å². The predicted octanol–water partition coefficient (Wildman–Crippen LogP) is 4.36. The molecular formula is C36H49N5O6. The molecule has 5 bridgehead atoms. The molecule has 3 N–H and O–H groups in total. The Labute approximate surface area is 277 Å². The van der Waals surface area contributed by atoms with Gasteiger partial charge in [0.05, 0.1) is 23.3 Å². The van der Waals surface area contributed by atoms with Gasteiger partial charge in [-0.25, -0.2) is 5.43 Å². The van der Waals surface area contributed by atoms with Gasteiger partial charge in [0.25, 0.3) is 11.8 Å². The molecule has 1 aromatic carbocycles. The zero-order valence-electron chi connectivity index (χ0n) is 28.2. The number of hydrogen-bond acceptors (Lipinski definition) is 8. The number of carbonyl (C=O) groups is 4. The predicted molar refractivity (Wildman–Crippen MR) is 178 cm³/mol. The molecule has 2 saturated heterocycles. The summed E-state index contributed by atoms with van der Waals surface area (Å²) in [5.74, 6) is -2.38. The smallest absolute Gasteiger partial charge is 0.310 e. The van der Waals surface area contributed by atoms with Crippen molar-refractivity contribution in [1.82, 2.24) is 26.1 Å². The fourth-order valence-electron chi connectivity index (χ4n) is 6.57. The molecule has 4 heterocycles. The number of fused-ring (bicyclic) bond motifs is 4. The van der Waals surface area contributed by atoms with E-state index in [-0.39, 0.29) is 29.4 Å². The van der Waals surface area contributed by atoms with E-state index < -0.39 is 36.0 Å². The summed E-state index contributed by atoms with van der Waals surface area (Å²) < 4.78 is 11.9. The normalized spacial score (nSPS) is 30.5. The first-order chi connectivity index (χ1) is 22.4. The first kappa shape index (κ1) is 34.5. The molecule has 3 amide bonds. The number of pyridine rings is 1. The molecule has 0 saturated carbocycles. The van der Waals surface area contributed by atoms with Crippen LogP contribution in [0.1, 0.15) is 96.9 Å². The zero-order chi connectivity index (χ0) is 33.7. The highest BCUT2D eigenvalue weighted by molar-refractivity contribution is 5.91. The van der Waals surface area contributed by atoms with E-state index in [9.17, 15) is 19.2 Å². The Balaban J connectivity index is 1.45. The number of nitrogens with one attached hydrogen (secondary N) is 3. The van der Waals surface area contributed by atoms with Gasteiger partial charge in [-0.1, -0.05) is 32.1 Å². The number of hydrazine groups is 1. The number of nitrogens with zero attached hydrogens (tertiary/aromatic N) is 2. The molecule has 47 heavy (non-hydrogen) atoms. The second-order valence-electron chi connectivity index (χ2n) is 13.9. The van der Waals surface area contributed by atoms with Crippen LogP contribution in [0.5, 0.6) is 0 Å². The molecular weight excluding hydrogens is 598 g/mol. The molecule has 0 radical (unpaired) electrons. The Morgan fingerprint density at radius 3 is 2.55 bits per heavy atom. The summed E-state index contributed by atoms with van der Waals surface area (Å²) in [5.41, 5.74) is 4.47. The maximum absolute atomic E-state index is 13.7. The standard InChI is InChI=1S/C36H49N5O6/c1-22(2)31-33(43)39-24(4)34(44)41-17-7-11-30(40-41)32(42)38-23(3)26-12-13-27-21-37-29(20-28(27)19-26)10-6-9-25(35(45)47-31)14-16-36(5)15-8-18-46-36/h6,10,12-13,19-25,30-31,40H,7-9,11,14-18H2,1-5H3,(H,38,42)(H,39,43)/b10-6+/t23-,24+,25+,30+,31+,36?/m1/s1. The van der Waals surface area contributed by atoms with Crippen LogP contribution in [-0.2, 0) is 28.7 Å². The van der Waals surface area contributed by atoms with Crippen LogP contribution in [0.3, 0.4) is 0 Å². The molecule has 1 aromatic heterocycles. The van der Waals surface area contributed by atoms with Gasteiger partial charge in [-0.2, -0.15) is 0 Å². The van der Waals surface area contributed by atoms with E-state index in [0.29, 0.717) is 45.3 Å². The fraction of sp³-hybridized carbons (Fsp3) is 0.583. The third kappa shape index (κ3) is 8.56. The largest absolute Gasteiger partial charge is 0.452 e. The van der Waals surface area contributed by atoms with E-state index >= 15 is 0 Å². The van der Waals surface area contributed by atoms with Gasteiger partial charge in [-0.3, -0.25) is 29.2 Å². The van der Waals surface area contributed by atoms with Crippen LogP contribution in [0.2, 0.25) is 0 Å². The van der Waals surface area contributed by atoms with E-state index in [1.165, 1.54) is 5.01 Å². The van der Waals surface area contributed by atoms with Gasteiger partial charge < -0.3 is 20.1 Å². The highest BCUT2D eigenvalue weighted by Crippen LogP contribution is 2.32. The summed E-state index contributed by atoms with van der Waals surface area (Å²) in [7, 11) is 0. The summed E-state index contributed by atoms with van der Waals surface area (Å²) in [6.45, 7) is 10.3. The summed E-state index contributed by atoms with van der Waals surface area (Å²) in [5, 5.41) is 9.21. The number of aromatic nitrogens is 1. The van der Waals surface area contributed by atoms with Crippen LogP contribution in [-0.4, -0.2) is 70.6 Å². The number of rotatable bonds is 4. The number of benzene rings is 1. The topological polar surface area (TPSA) is 139 Å². The summed E-state index contributed by atoms with van der Waals surface area (Å²) >= 11 is 0. The summed E-state index contributed by atoms with van der Waals surface area (Å²) in [6, 6.07) is 6.23. The lowest BCUT2D eigenvalue weighted by atomic mass is 9.89. The Kier molecular flexibility index (Phi) is 11.0. The molecule has 2 fully saturated rings. The Morgan fingerprint density at radius 2 is 1.81 bits per heavy atom. The monoisotopic (exact) mass is 647 g/mol. The Bertz CT molecular complexity index is 1500. The number of amides is 3. The number of esters is 1. The lowest BCUT2D eigenvalue weighted by Gasteiger charge is -2.35. The second-order valence-corrected chi connectivity index (χ2v) is 13.9. The second kappa shape index (κ2) is 14.9. The van der Waals surface area contributed by atoms with E-state index in [1.54, 1.807) is 6.92 Å². The van der Waals surface area contributed by atoms with Gasteiger partial charge in [-0.05, 0) is 101 Å². The van der Waals surface area contributed by atoms with Crippen molar-refractivity contribution >= 4 is 40.5 Å². The van der Waals surface area contributed by atoms with Crippen molar-refractivity contribution in [3.8, 4) is 0 Å². The third-order valence-corrected chi connectivity index (χ3v) is 9.60. The minimum Gasteiger partial charge on any atom is -0.452 e. The third-order valence-electron chi connectivity index (χ3n) is 9.60. The van der Waals surface area contributed by atoms with Crippen LogP contribution in [0.15, 0.2) is 36.5 Å². The molecule has 0 aliphatic carbocycles. The molecule has 254 valence electrons. The SMILES string of the molecule is CC(C)[C@@H]1OC(=O)[C@H](CCC2(C)CCCO2)C/C=C/c2cc3cc(ccc3cn2)[C@@H](C)NC(=O)[C@@H]2CCCN(N2)C(=O)[C@H](C)NC1=O. The van der Waals surface area contributed by atoms with Crippen molar-refractivity contribution in [2.75, 3.05) is 13.2 Å². The van der Waals surface area contributed by atoms with Crippen LogP contribution in [0.4, 0.5) is 0 Å². The highest BCUT2D eigenvalue weighted by Gasteiger charge is 2.36. The van der Waals surface area contributed by atoms with Gasteiger partial charge in [0.15, 0.2) is 6.10 Å². The lowest BCUT2D eigenvalue weighted by molar-refractivity contribution is -0.163. The van der Waals surface area contributed by atoms with Gasteiger partial charge in [0, 0.05) is 24.7 Å². The molecule has 11 heteroatoms. The van der Waals surface area contributed by atoms with E-state index in [1.807, 2.05) is 63.4 Å². The molecule has 5 rings (SSSR count). The van der Waals surface area contributed by atoms with E-state index in [0.717, 1.165) is 34.9 Å². The Morgan fingerprint density at radius 1 is 1.02 bits per heavy atom. The van der Waals surface area contributed by atoms with Crippen LogP contribution in [0, 0.1) is 11.8 Å². The van der Waals surface area contributed by atoms with Gasteiger partial charge in [0.2, 0.25) is 5.91 Å². The van der Waals surface area contributed by atoms with Gasteiger partial charge in [-0.15, -0.1) is 0 Å². The first-order valence-electron chi connectivity index (χ1n) is 17.0. The van der Waals surface area contributed by atoms with Crippen molar-refractivity contribution in [2.24, 2.45) is 11.8 Å². The Hall–Kier alpha value is -3.83. The van der Waals surface area contributed by atoms with Crippen molar-refractivity contribution in [3.05, 3.63) is 47.8 Å². The number of ether oxygens (including phenoxy) is 2.